The molecule has 0 unspecified atom stereocenters. The molecule has 6 N–H and O–H groups in total. The summed E-state index contributed by atoms with van der Waals surface area (Å²) in [7, 11) is 3.30. The van der Waals surface area contributed by atoms with Crippen LogP contribution in [-0.4, -0.2) is 76.3 Å². The SMILES string of the molecule is COCCCOc1cc(C[C@@H](C[C@H](N)[C@@H](O)C[C@H](C(=O)NCC2CNC(=O)NC2)C(C)C)C(C)C)ccc1OC. The summed E-state index contributed by atoms with van der Waals surface area (Å²) >= 11 is 0. The van der Waals surface area contributed by atoms with Crippen molar-refractivity contribution in [3.8, 4) is 11.5 Å². The largest absolute Gasteiger partial charge is 0.493 e. The Morgan fingerprint density at radius 1 is 1.07 bits per heavy atom. The van der Waals surface area contributed by atoms with E-state index in [1.54, 1.807) is 14.2 Å². The van der Waals surface area contributed by atoms with Gasteiger partial charge in [0.25, 0.3) is 0 Å². The highest BCUT2D eigenvalue weighted by atomic mass is 16.5. The Kier molecular flexibility index (Phi) is 14.5. The van der Waals surface area contributed by atoms with Crippen LogP contribution in [0.5, 0.6) is 11.5 Å². The van der Waals surface area contributed by atoms with Crippen LogP contribution in [0.4, 0.5) is 4.79 Å². The fourth-order valence-electron chi connectivity index (χ4n) is 4.99. The molecular formula is C30H52N4O6. The minimum Gasteiger partial charge on any atom is -0.493 e. The number of hydrogen-bond donors (Lipinski definition) is 5. The molecule has 228 valence electrons. The number of nitrogens with two attached hydrogens (primary N) is 1. The van der Waals surface area contributed by atoms with E-state index < -0.39 is 12.1 Å². The minimum absolute atomic E-state index is 0.0496. The van der Waals surface area contributed by atoms with Gasteiger partial charge < -0.3 is 41.0 Å². The molecular weight excluding hydrogens is 512 g/mol. The first kappa shape index (κ1) is 33.6. The zero-order chi connectivity index (χ0) is 29.7. The van der Waals surface area contributed by atoms with Crippen LogP contribution in [0.2, 0.25) is 0 Å². The fraction of sp³-hybridized carbons (Fsp3) is 0.733. The standard InChI is InChI=1S/C30H52N4O6/c1-19(2)23(12-21-8-9-27(39-6)28(13-21)40-11-7-10-38-5)14-25(31)26(35)15-24(20(3)4)29(36)32-16-22-17-33-30(37)34-18-22/h8-9,13,19-20,22-26,35H,7,10-12,14-18,31H2,1-6H3,(H,32,36)(H2,33,34,37)/t23-,24-,25-,26-/m0/s1. The fourth-order valence-corrected chi connectivity index (χ4v) is 4.99. The number of aliphatic hydroxyl groups is 1. The van der Waals surface area contributed by atoms with Crippen molar-refractivity contribution in [1.82, 2.24) is 16.0 Å². The van der Waals surface area contributed by atoms with Gasteiger partial charge in [0.2, 0.25) is 5.91 Å². The van der Waals surface area contributed by atoms with Crippen molar-refractivity contribution in [3.63, 3.8) is 0 Å². The second-order valence-electron chi connectivity index (χ2n) is 11.6. The number of carbonyl (C=O) groups is 2. The van der Waals surface area contributed by atoms with Crippen LogP contribution in [0.1, 0.15) is 52.5 Å². The van der Waals surface area contributed by atoms with Gasteiger partial charge in [-0.1, -0.05) is 33.8 Å². The molecule has 10 heteroatoms. The molecule has 1 aromatic carbocycles. The summed E-state index contributed by atoms with van der Waals surface area (Å²) in [5, 5.41) is 19.6. The first-order valence-corrected chi connectivity index (χ1v) is 14.6. The third-order valence-corrected chi connectivity index (χ3v) is 7.79. The predicted molar refractivity (Wildman–Crippen MR) is 156 cm³/mol. The molecule has 0 aliphatic carbocycles. The van der Waals surface area contributed by atoms with Gasteiger partial charge in [0.1, 0.15) is 0 Å². The Hall–Kier alpha value is -2.56. The molecule has 1 aliphatic heterocycles. The zero-order valence-electron chi connectivity index (χ0n) is 25.2. The van der Waals surface area contributed by atoms with E-state index >= 15 is 0 Å². The molecule has 3 amide bonds. The third kappa shape index (κ3) is 11.1. The Morgan fingerprint density at radius 3 is 2.38 bits per heavy atom. The van der Waals surface area contributed by atoms with Crippen LogP contribution in [0.25, 0.3) is 0 Å². The Bertz CT molecular complexity index is 902. The molecule has 1 aliphatic rings. The topological polar surface area (TPSA) is 144 Å². The molecule has 1 heterocycles. The van der Waals surface area contributed by atoms with E-state index in [0.717, 1.165) is 18.4 Å². The number of urea groups is 1. The lowest BCUT2D eigenvalue weighted by atomic mass is 9.80. The molecule has 2 rings (SSSR count). The maximum absolute atomic E-state index is 13.0. The minimum atomic E-state index is -0.800. The van der Waals surface area contributed by atoms with E-state index in [4.69, 9.17) is 19.9 Å². The van der Waals surface area contributed by atoms with Gasteiger partial charge in [0.15, 0.2) is 11.5 Å². The molecule has 1 saturated heterocycles. The third-order valence-electron chi connectivity index (χ3n) is 7.79. The number of hydrogen-bond acceptors (Lipinski definition) is 7. The Morgan fingerprint density at radius 2 is 1.77 bits per heavy atom. The van der Waals surface area contributed by atoms with Gasteiger partial charge in [-0.05, 0) is 54.7 Å². The number of rotatable bonds is 18. The van der Waals surface area contributed by atoms with Gasteiger partial charge in [-0.2, -0.15) is 0 Å². The maximum atomic E-state index is 13.0. The number of methoxy groups -OCH3 is 2. The first-order valence-electron chi connectivity index (χ1n) is 14.6. The molecule has 0 aromatic heterocycles. The number of nitrogens with one attached hydrogen (secondary N) is 3. The van der Waals surface area contributed by atoms with Crippen LogP contribution in [0, 0.1) is 29.6 Å². The number of ether oxygens (including phenoxy) is 3. The van der Waals surface area contributed by atoms with Crippen molar-refractivity contribution < 1.29 is 28.9 Å². The molecule has 0 radical (unpaired) electrons. The highest BCUT2D eigenvalue weighted by Crippen LogP contribution is 2.31. The highest BCUT2D eigenvalue weighted by molar-refractivity contribution is 5.79. The van der Waals surface area contributed by atoms with Gasteiger partial charge in [0, 0.05) is 57.6 Å². The van der Waals surface area contributed by atoms with Gasteiger partial charge in [-0.15, -0.1) is 0 Å². The monoisotopic (exact) mass is 564 g/mol. The molecule has 40 heavy (non-hydrogen) atoms. The van der Waals surface area contributed by atoms with Gasteiger partial charge in [-0.25, -0.2) is 4.79 Å². The lowest BCUT2D eigenvalue weighted by Gasteiger charge is -2.30. The number of aliphatic hydroxyl groups excluding tert-OH is 1. The van der Waals surface area contributed by atoms with Crippen LogP contribution < -0.4 is 31.2 Å². The summed E-state index contributed by atoms with van der Waals surface area (Å²) < 4.78 is 16.5. The summed E-state index contributed by atoms with van der Waals surface area (Å²) in [4.78, 5) is 24.3. The highest BCUT2D eigenvalue weighted by Gasteiger charge is 2.30. The van der Waals surface area contributed by atoms with Crippen molar-refractivity contribution in [2.45, 2.75) is 65.5 Å². The summed E-state index contributed by atoms with van der Waals surface area (Å²) in [6, 6.07) is 5.36. The van der Waals surface area contributed by atoms with E-state index in [0.29, 0.717) is 63.1 Å². The molecule has 10 nitrogen and oxygen atoms in total. The first-order chi connectivity index (χ1) is 19.0. The average Bonchev–Trinajstić information content (AvgIpc) is 2.92. The summed E-state index contributed by atoms with van der Waals surface area (Å²) in [6.45, 7) is 11.0. The van der Waals surface area contributed by atoms with Crippen LogP contribution in [0.3, 0.4) is 0 Å². The maximum Gasteiger partial charge on any atom is 0.314 e. The van der Waals surface area contributed by atoms with Crippen molar-refractivity contribution in [1.29, 1.82) is 0 Å². The van der Waals surface area contributed by atoms with Crippen molar-refractivity contribution in [2.75, 3.05) is 47.1 Å². The Labute approximate surface area is 240 Å². The van der Waals surface area contributed by atoms with Crippen LogP contribution >= 0.6 is 0 Å². The molecule has 0 bridgehead atoms. The number of carbonyl (C=O) groups excluding carboxylic acids is 2. The smallest absolute Gasteiger partial charge is 0.314 e. The zero-order valence-corrected chi connectivity index (χ0v) is 25.2. The predicted octanol–water partition coefficient (Wildman–Crippen LogP) is 2.71. The van der Waals surface area contributed by atoms with E-state index in [2.05, 4.69) is 29.8 Å². The average molecular weight is 565 g/mol. The van der Waals surface area contributed by atoms with E-state index in [-0.39, 0.29) is 35.6 Å². The van der Waals surface area contributed by atoms with E-state index in [9.17, 15) is 14.7 Å². The quantitative estimate of drug-likeness (QED) is 0.172. The number of benzene rings is 1. The van der Waals surface area contributed by atoms with Crippen molar-refractivity contribution >= 4 is 11.9 Å². The Balaban J connectivity index is 1.96. The molecule has 0 spiro atoms. The second kappa shape index (κ2) is 17.3. The van der Waals surface area contributed by atoms with E-state index in [1.807, 2.05) is 32.0 Å². The van der Waals surface area contributed by atoms with Crippen LogP contribution in [-0.2, 0) is 16.0 Å². The van der Waals surface area contributed by atoms with Gasteiger partial charge in [-0.3, -0.25) is 4.79 Å². The molecule has 4 atom stereocenters. The normalized spacial score (nSPS) is 17.1. The van der Waals surface area contributed by atoms with Crippen molar-refractivity contribution in [3.05, 3.63) is 23.8 Å². The van der Waals surface area contributed by atoms with Crippen LogP contribution in [0.15, 0.2) is 18.2 Å². The second-order valence-corrected chi connectivity index (χ2v) is 11.6. The molecule has 0 saturated carbocycles. The number of amides is 3. The lowest BCUT2D eigenvalue weighted by Crippen LogP contribution is -2.52. The lowest BCUT2D eigenvalue weighted by molar-refractivity contribution is -0.127. The van der Waals surface area contributed by atoms with E-state index in [1.165, 1.54) is 0 Å². The summed E-state index contributed by atoms with van der Waals surface area (Å²) in [5.41, 5.74) is 7.67. The molecule has 1 aromatic rings. The summed E-state index contributed by atoms with van der Waals surface area (Å²) in [5.74, 6) is 1.71. The summed E-state index contributed by atoms with van der Waals surface area (Å²) in [6.07, 6.45) is 1.71. The van der Waals surface area contributed by atoms with Gasteiger partial charge >= 0.3 is 6.03 Å². The van der Waals surface area contributed by atoms with Crippen molar-refractivity contribution in [2.24, 2.45) is 35.3 Å². The van der Waals surface area contributed by atoms with Gasteiger partial charge in [0.05, 0.1) is 19.8 Å². The molecule has 1 fully saturated rings.